The van der Waals surface area contributed by atoms with Gasteiger partial charge in [-0.25, -0.2) is 9.97 Å². The summed E-state index contributed by atoms with van der Waals surface area (Å²) in [6.07, 6.45) is 0.161. The van der Waals surface area contributed by atoms with Gasteiger partial charge in [-0.1, -0.05) is 23.2 Å². The molecule has 16 heavy (non-hydrogen) atoms. The molecule has 4 nitrogen and oxygen atoms in total. The molecule has 0 aromatic carbocycles. The predicted octanol–water partition coefficient (Wildman–Crippen LogP) is 3.19. The van der Waals surface area contributed by atoms with Crippen LogP contribution in [0.15, 0.2) is 6.07 Å². The van der Waals surface area contributed by atoms with E-state index < -0.39 is 0 Å². The van der Waals surface area contributed by atoms with Crippen LogP contribution in [0.4, 0.5) is 0 Å². The van der Waals surface area contributed by atoms with Crippen LogP contribution in [0.1, 0.15) is 19.7 Å². The van der Waals surface area contributed by atoms with Gasteiger partial charge >= 0.3 is 0 Å². The summed E-state index contributed by atoms with van der Waals surface area (Å²) in [5.41, 5.74) is 1.31. The Bertz CT molecular complexity index is 471. The van der Waals surface area contributed by atoms with E-state index in [2.05, 4.69) is 15.0 Å². The number of pyridine rings is 1. The van der Waals surface area contributed by atoms with Gasteiger partial charge in [0, 0.05) is 0 Å². The Morgan fingerprint density at radius 3 is 2.81 bits per heavy atom. The SMILES string of the molecule is CC(C)OCc1nc2nc(Cl)c(Cl)cc2[nH]1. The van der Waals surface area contributed by atoms with Crippen LogP contribution in [0.25, 0.3) is 11.2 Å². The van der Waals surface area contributed by atoms with Gasteiger partial charge in [0.2, 0.25) is 0 Å². The van der Waals surface area contributed by atoms with E-state index >= 15 is 0 Å². The van der Waals surface area contributed by atoms with Crippen molar-refractivity contribution in [3.05, 3.63) is 22.1 Å². The van der Waals surface area contributed by atoms with Gasteiger partial charge in [0.05, 0.1) is 16.6 Å². The number of nitrogens with one attached hydrogen (secondary N) is 1. The number of fused-ring (bicyclic) bond motifs is 1. The fourth-order valence-electron chi connectivity index (χ4n) is 1.26. The molecule has 0 aliphatic carbocycles. The van der Waals surface area contributed by atoms with Gasteiger partial charge < -0.3 is 9.72 Å². The lowest BCUT2D eigenvalue weighted by molar-refractivity contribution is 0.0618. The molecule has 0 radical (unpaired) electrons. The third-order valence-corrected chi connectivity index (χ3v) is 2.66. The van der Waals surface area contributed by atoms with Crippen LogP contribution in [0.5, 0.6) is 0 Å². The highest BCUT2D eigenvalue weighted by atomic mass is 35.5. The zero-order chi connectivity index (χ0) is 11.7. The van der Waals surface area contributed by atoms with Crippen LogP contribution in [-0.4, -0.2) is 21.1 Å². The number of H-pyrrole nitrogens is 1. The van der Waals surface area contributed by atoms with E-state index in [-0.39, 0.29) is 11.3 Å². The molecular formula is C10H11Cl2N3O. The largest absolute Gasteiger partial charge is 0.371 e. The summed E-state index contributed by atoms with van der Waals surface area (Å²) in [6, 6.07) is 1.71. The molecule has 86 valence electrons. The Balaban J connectivity index is 2.29. The Morgan fingerprint density at radius 1 is 1.38 bits per heavy atom. The van der Waals surface area contributed by atoms with Crippen molar-refractivity contribution >= 4 is 34.4 Å². The monoisotopic (exact) mass is 259 g/mol. The summed E-state index contributed by atoms with van der Waals surface area (Å²) in [4.78, 5) is 11.4. The number of nitrogens with zero attached hydrogens (tertiary/aromatic N) is 2. The zero-order valence-corrected chi connectivity index (χ0v) is 10.4. The molecule has 0 saturated heterocycles. The minimum atomic E-state index is 0.161. The predicted molar refractivity (Wildman–Crippen MR) is 63.8 cm³/mol. The van der Waals surface area contributed by atoms with Crippen molar-refractivity contribution in [3.8, 4) is 0 Å². The number of hydrogen-bond acceptors (Lipinski definition) is 3. The van der Waals surface area contributed by atoms with Crippen molar-refractivity contribution in [2.75, 3.05) is 0 Å². The lowest BCUT2D eigenvalue weighted by Crippen LogP contribution is -2.03. The fourth-order valence-corrected chi connectivity index (χ4v) is 1.55. The molecule has 0 aliphatic heterocycles. The number of hydrogen-bond donors (Lipinski definition) is 1. The van der Waals surface area contributed by atoms with Crippen LogP contribution in [0.2, 0.25) is 10.2 Å². The first-order valence-corrected chi connectivity index (χ1v) is 5.64. The standard InChI is InChI=1S/C10H11Cl2N3O/c1-5(2)16-4-8-13-7-3-6(11)9(12)15-10(7)14-8/h3,5H,4H2,1-2H3,(H,13,14,15). The number of halogens is 2. The molecule has 1 N–H and O–H groups in total. The van der Waals surface area contributed by atoms with E-state index in [0.717, 1.165) is 11.3 Å². The van der Waals surface area contributed by atoms with Gasteiger partial charge in [-0.05, 0) is 19.9 Å². The lowest BCUT2D eigenvalue weighted by Gasteiger charge is -2.03. The van der Waals surface area contributed by atoms with Crippen molar-refractivity contribution < 1.29 is 4.74 Å². The molecule has 2 aromatic rings. The van der Waals surface area contributed by atoms with Gasteiger partial charge in [0.25, 0.3) is 0 Å². The summed E-state index contributed by atoms with van der Waals surface area (Å²) in [6.45, 7) is 4.35. The maximum Gasteiger partial charge on any atom is 0.179 e. The number of imidazole rings is 1. The Morgan fingerprint density at radius 2 is 2.12 bits per heavy atom. The maximum absolute atomic E-state index is 5.85. The smallest absolute Gasteiger partial charge is 0.179 e. The van der Waals surface area contributed by atoms with Crippen molar-refractivity contribution in [2.45, 2.75) is 26.6 Å². The van der Waals surface area contributed by atoms with Gasteiger partial charge in [-0.3, -0.25) is 0 Å². The van der Waals surface area contributed by atoms with Crippen LogP contribution in [-0.2, 0) is 11.3 Å². The second-order valence-electron chi connectivity index (χ2n) is 3.68. The molecule has 0 spiro atoms. The molecule has 0 fully saturated rings. The molecule has 0 amide bonds. The lowest BCUT2D eigenvalue weighted by atomic mass is 10.4. The molecule has 2 heterocycles. The minimum absolute atomic E-state index is 0.161. The minimum Gasteiger partial charge on any atom is -0.371 e. The van der Waals surface area contributed by atoms with Crippen LogP contribution in [0.3, 0.4) is 0 Å². The van der Waals surface area contributed by atoms with Crippen molar-refractivity contribution in [1.82, 2.24) is 15.0 Å². The van der Waals surface area contributed by atoms with E-state index in [1.165, 1.54) is 0 Å². The molecule has 2 aromatic heterocycles. The molecule has 6 heteroatoms. The molecular weight excluding hydrogens is 249 g/mol. The average molecular weight is 260 g/mol. The number of rotatable bonds is 3. The quantitative estimate of drug-likeness (QED) is 0.862. The highest BCUT2D eigenvalue weighted by molar-refractivity contribution is 6.41. The van der Waals surface area contributed by atoms with Gasteiger partial charge in [-0.2, -0.15) is 0 Å². The normalized spacial score (nSPS) is 11.6. The van der Waals surface area contributed by atoms with E-state index in [1.54, 1.807) is 6.07 Å². The summed E-state index contributed by atoms with van der Waals surface area (Å²) < 4.78 is 5.43. The Hall–Kier alpha value is -0.840. The number of aromatic amines is 1. The second-order valence-corrected chi connectivity index (χ2v) is 4.44. The van der Waals surface area contributed by atoms with Gasteiger partial charge in [-0.15, -0.1) is 0 Å². The van der Waals surface area contributed by atoms with Crippen LogP contribution in [0, 0.1) is 0 Å². The summed E-state index contributed by atoms with van der Waals surface area (Å²) >= 11 is 11.6. The first-order valence-electron chi connectivity index (χ1n) is 4.88. The molecule has 2 rings (SSSR count). The second kappa shape index (κ2) is 4.57. The molecule has 0 bridgehead atoms. The average Bonchev–Trinajstić information content (AvgIpc) is 2.58. The topological polar surface area (TPSA) is 50.8 Å². The number of aromatic nitrogens is 3. The van der Waals surface area contributed by atoms with E-state index in [1.807, 2.05) is 13.8 Å². The fraction of sp³-hybridized carbons (Fsp3) is 0.400. The summed E-state index contributed by atoms with van der Waals surface area (Å²) in [7, 11) is 0. The summed E-state index contributed by atoms with van der Waals surface area (Å²) in [5.74, 6) is 0.717. The highest BCUT2D eigenvalue weighted by Crippen LogP contribution is 2.23. The maximum atomic E-state index is 5.85. The first kappa shape index (κ1) is 11.6. The van der Waals surface area contributed by atoms with Gasteiger partial charge in [0.15, 0.2) is 5.65 Å². The molecule has 0 aliphatic rings. The summed E-state index contributed by atoms with van der Waals surface area (Å²) in [5, 5.41) is 0.672. The third kappa shape index (κ3) is 2.45. The Labute approximate surface area is 103 Å². The first-order chi connectivity index (χ1) is 7.56. The van der Waals surface area contributed by atoms with E-state index in [4.69, 9.17) is 27.9 Å². The Kier molecular flexibility index (Phi) is 3.33. The van der Waals surface area contributed by atoms with Crippen LogP contribution >= 0.6 is 23.2 Å². The third-order valence-electron chi connectivity index (χ3n) is 1.99. The molecule has 0 unspecified atom stereocenters. The zero-order valence-electron chi connectivity index (χ0n) is 8.92. The van der Waals surface area contributed by atoms with Crippen molar-refractivity contribution in [2.24, 2.45) is 0 Å². The number of ether oxygens (including phenoxy) is 1. The van der Waals surface area contributed by atoms with Crippen molar-refractivity contribution in [3.63, 3.8) is 0 Å². The van der Waals surface area contributed by atoms with Gasteiger partial charge in [0.1, 0.15) is 17.6 Å². The van der Waals surface area contributed by atoms with E-state index in [9.17, 15) is 0 Å². The highest BCUT2D eigenvalue weighted by Gasteiger charge is 2.08. The molecule has 0 atom stereocenters. The van der Waals surface area contributed by atoms with E-state index in [0.29, 0.717) is 17.3 Å². The van der Waals surface area contributed by atoms with Crippen LogP contribution < -0.4 is 0 Å². The van der Waals surface area contributed by atoms with Crippen molar-refractivity contribution in [1.29, 1.82) is 0 Å². The molecule has 0 saturated carbocycles.